The van der Waals surface area contributed by atoms with Crippen LogP contribution in [0.1, 0.15) is 44.3 Å². The van der Waals surface area contributed by atoms with Gasteiger partial charge in [0.05, 0.1) is 17.7 Å². The molecule has 0 spiro atoms. The number of carbonyl (C=O) groups excluding carboxylic acids is 4. The lowest BCUT2D eigenvalue weighted by atomic mass is 10.0. The molecule has 27 heavy (non-hydrogen) atoms. The van der Waals surface area contributed by atoms with E-state index in [2.05, 4.69) is 15.6 Å². The highest BCUT2D eigenvalue weighted by Gasteiger charge is 2.45. The zero-order valence-corrected chi connectivity index (χ0v) is 15.3. The minimum absolute atomic E-state index is 0.0956. The van der Waals surface area contributed by atoms with Crippen molar-refractivity contribution < 1.29 is 19.2 Å². The van der Waals surface area contributed by atoms with E-state index in [-0.39, 0.29) is 24.0 Å². The van der Waals surface area contributed by atoms with E-state index in [0.717, 1.165) is 15.6 Å². The number of rotatable bonds is 4. The predicted molar refractivity (Wildman–Crippen MR) is 97.3 cm³/mol. The molecule has 1 fully saturated rings. The molecule has 8 nitrogen and oxygen atoms in total. The van der Waals surface area contributed by atoms with Crippen LogP contribution in [0, 0.1) is 6.92 Å². The summed E-state index contributed by atoms with van der Waals surface area (Å²) in [5.41, 5.74) is 1.95. The van der Waals surface area contributed by atoms with Gasteiger partial charge in [-0.05, 0) is 25.5 Å². The first-order valence-electron chi connectivity index (χ1n) is 8.45. The van der Waals surface area contributed by atoms with Gasteiger partial charge in [-0.15, -0.1) is 11.3 Å². The Hall–Kier alpha value is -3.07. The average Bonchev–Trinajstić information content (AvgIpc) is 3.16. The lowest BCUT2D eigenvalue weighted by molar-refractivity contribution is -0.136. The summed E-state index contributed by atoms with van der Waals surface area (Å²) in [6.45, 7) is 2.33. The van der Waals surface area contributed by atoms with E-state index in [0.29, 0.717) is 12.2 Å². The van der Waals surface area contributed by atoms with Gasteiger partial charge in [0, 0.05) is 23.2 Å². The molecule has 2 aromatic rings. The van der Waals surface area contributed by atoms with E-state index in [4.69, 9.17) is 0 Å². The van der Waals surface area contributed by atoms with Crippen LogP contribution in [0.4, 0.5) is 5.69 Å². The van der Waals surface area contributed by atoms with Gasteiger partial charge in [0.1, 0.15) is 11.0 Å². The fourth-order valence-corrected chi connectivity index (χ4v) is 4.03. The molecule has 4 amide bonds. The van der Waals surface area contributed by atoms with Gasteiger partial charge in [-0.2, -0.15) is 0 Å². The van der Waals surface area contributed by atoms with E-state index >= 15 is 0 Å². The minimum Gasteiger partial charge on any atom is -0.378 e. The molecule has 9 heteroatoms. The van der Waals surface area contributed by atoms with Crippen molar-refractivity contribution in [3.8, 4) is 0 Å². The first-order chi connectivity index (χ1) is 13.0. The molecule has 1 saturated heterocycles. The smallest absolute Gasteiger partial charge is 0.264 e. The summed E-state index contributed by atoms with van der Waals surface area (Å²) in [5, 5.41) is 8.15. The number of nitrogens with zero attached hydrogens (tertiary/aromatic N) is 2. The number of piperidine rings is 1. The fourth-order valence-electron chi connectivity index (χ4n) is 3.32. The van der Waals surface area contributed by atoms with E-state index < -0.39 is 29.7 Å². The van der Waals surface area contributed by atoms with Gasteiger partial charge in [-0.3, -0.25) is 29.4 Å². The molecule has 1 atom stereocenters. The maximum Gasteiger partial charge on any atom is 0.264 e. The number of nitrogens with one attached hydrogen (secondary N) is 2. The molecule has 1 unspecified atom stereocenters. The molecule has 3 heterocycles. The molecule has 0 aliphatic carbocycles. The number of thiazole rings is 1. The summed E-state index contributed by atoms with van der Waals surface area (Å²) in [6.07, 6.45) is 0.232. The maximum absolute atomic E-state index is 13.0. The minimum atomic E-state index is -0.968. The lowest BCUT2D eigenvalue weighted by Crippen LogP contribution is -2.54. The Kier molecular flexibility index (Phi) is 4.23. The van der Waals surface area contributed by atoms with Crippen LogP contribution in [0.15, 0.2) is 23.6 Å². The Balaban J connectivity index is 1.61. The van der Waals surface area contributed by atoms with Crippen molar-refractivity contribution in [2.45, 2.75) is 32.4 Å². The summed E-state index contributed by atoms with van der Waals surface area (Å²) in [4.78, 5) is 54.5. The molecule has 1 aromatic carbocycles. The van der Waals surface area contributed by atoms with E-state index in [9.17, 15) is 19.2 Å². The SMILES string of the molecule is Cc1csc(CNc2cccc3c2C(=O)N(C2CCC(=O)NC2=O)C3=O)n1. The van der Waals surface area contributed by atoms with E-state index in [1.807, 2.05) is 12.3 Å². The molecule has 2 aliphatic heterocycles. The number of imide groups is 2. The summed E-state index contributed by atoms with van der Waals surface area (Å²) < 4.78 is 0. The van der Waals surface area contributed by atoms with Crippen LogP contribution in [0.3, 0.4) is 0 Å². The largest absolute Gasteiger partial charge is 0.378 e. The molecular weight excluding hydrogens is 368 g/mol. The van der Waals surface area contributed by atoms with Crippen LogP contribution >= 0.6 is 11.3 Å². The van der Waals surface area contributed by atoms with Crippen LogP contribution in [0.2, 0.25) is 0 Å². The molecule has 2 aliphatic rings. The monoisotopic (exact) mass is 384 g/mol. The Morgan fingerprint density at radius 2 is 2.07 bits per heavy atom. The second-order valence-corrected chi connectivity index (χ2v) is 7.35. The normalized spacial score (nSPS) is 19.3. The highest BCUT2D eigenvalue weighted by molar-refractivity contribution is 7.09. The van der Waals surface area contributed by atoms with Gasteiger partial charge in [0.2, 0.25) is 11.8 Å². The van der Waals surface area contributed by atoms with Gasteiger partial charge in [0.15, 0.2) is 0 Å². The van der Waals surface area contributed by atoms with Gasteiger partial charge < -0.3 is 5.32 Å². The second kappa shape index (κ2) is 6.58. The molecule has 1 aromatic heterocycles. The second-order valence-electron chi connectivity index (χ2n) is 6.41. The first kappa shape index (κ1) is 17.3. The summed E-state index contributed by atoms with van der Waals surface area (Å²) in [5.74, 6) is -2.05. The Labute approximate surface area is 158 Å². The standard InChI is InChI=1S/C18H16N4O4S/c1-9-8-27-14(20-9)7-19-11-4-2-3-10-15(11)18(26)22(17(10)25)12-5-6-13(23)21-16(12)24/h2-4,8,12,19H,5-7H2,1H3,(H,21,23,24). The number of carbonyl (C=O) groups is 4. The van der Waals surface area contributed by atoms with Crippen LogP contribution in [-0.4, -0.2) is 39.6 Å². The van der Waals surface area contributed by atoms with Crippen LogP contribution in [0.5, 0.6) is 0 Å². The molecule has 138 valence electrons. The molecule has 0 saturated carbocycles. The third kappa shape index (κ3) is 2.99. The number of aromatic nitrogens is 1. The number of hydrogen-bond acceptors (Lipinski definition) is 7. The zero-order chi connectivity index (χ0) is 19.1. The van der Waals surface area contributed by atoms with Crippen LogP contribution in [-0.2, 0) is 16.1 Å². The lowest BCUT2D eigenvalue weighted by Gasteiger charge is -2.27. The van der Waals surface area contributed by atoms with Crippen molar-refractivity contribution in [3.05, 3.63) is 45.4 Å². The van der Waals surface area contributed by atoms with E-state index in [1.54, 1.807) is 18.2 Å². The Bertz CT molecular complexity index is 983. The highest BCUT2D eigenvalue weighted by Crippen LogP contribution is 2.32. The third-order valence-corrected chi connectivity index (χ3v) is 5.53. The average molecular weight is 384 g/mol. The zero-order valence-electron chi connectivity index (χ0n) is 14.4. The van der Waals surface area contributed by atoms with Crippen LogP contribution < -0.4 is 10.6 Å². The van der Waals surface area contributed by atoms with Gasteiger partial charge in [-0.25, -0.2) is 4.98 Å². The number of amides is 4. The quantitative estimate of drug-likeness (QED) is 0.773. The van der Waals surface area contributed by atoms with Crippen molar-refractivity contribution in [1.29, 1.82) is 0 Å². The van der Waals surface area contributed by atoms with Crippen LogP contribution in [0.25, 0.3) is 0 Å². The van der Waals surface area contributed by atoms with Crippen molar-refractivity contribution in [2.24, 2.45) is 0 Å². The number of benzene rings is 1. The molecule has 0 bridgehead atoms. The molecule has 0 radical (unpaired) electrons. The number of anilines is 1. The maximum atomic E-state index is 13.0. The molecule has 2 N–H and O–H groups in total. The van der Waals surface area contributed by atoms with Gasteiger partial charge in [0.25, 0.3) is 11.8 Å². The van der Waals surface area contributed by atoms with Gasteiger partial charge >= 0.3 is 0 Å². The Morgan fingerprint density at radius 3 is 2.78 bits per heavy atom. The highest BCUT2D eigenvalue weighted by atomic mass is 32.1. The summed E-state index contributed by atoms with van der Waals surface area (Å²) in [7, 11) is 0. The molecular formula is C18H16N4O4S. The van der Waals surface area contributed by atoms with Crippen molar-refractivity contribution in [1.82, 2.24) is 15.2 Å². The Morgan fingerprint density at radius 1 is 1.26 bits per heavy atom. The number of aryl methyl sites for hydroxylation is 1. The predicted octanol–water partition coefficient (Wildman–Crippen LogP) is 1.46. The van der Waals surface area contributed by atoms with Gasteiger partial charge in [-0.1, -0.05) is 6.07 Å². The number of hydrogen-bond donors (Lipinski definition) is 2. The summed E-state index contributed by atoms with van der Waals surface area (Å²) >= 11 is 1.51. The van der Waals surface area contributed by atoms with Crippen molar-refractivity contribution >= 4 is 40.7 Å². The third-order valence-electron chi connectivity index (χ3n) is 4.56. The summed E-state index contributed by atoms with van der Waals surface area (Å²) in [6, 6.07) is 4.01. The fraction of sp³-hybridized carbons (Fsp3) is 0.278. The van der Waals surface area contributed by atoms with Crippen molar-refractivity contribution in [2.75, 3.05) is 5.32 Å². The molecule has 4 rings (SSSR count). The topological polar surface area (TPSA) is 108 Å². The number of fused-ring (bicyclic) bond motifs is 1. The van der Waals surface area contributed by atoms with E-state index in [1.165, 1.54) is 11.3 Å². The van der Waals surface area contributed by atoms with Crippen molar-refractivity contribution in [3.63, 3.8) is 0 Å². The first-order valence-corrected chi connectivity index (χ1v) is 9.33.